The maximum Gasteiger partial charge on any atom is 0.223 e. The SMILES string of the molecule is Cc1cc(S(=O)(=O)c2ccccn2)ccc1N1c2ccccc2C(C)(C)c2ccccc21. The van der Waals surface area contributed by atoms with Gasteiger partial charge in [0.15, 0.2) is 5.03 Å². The zero-order chi connectivity index (χ0) is 22.5. The van der Waals surface area contributed by atoms with Crippen LogP contribution in [0.1, 0.15) is 30.5 Å². The highest BCUT2D eigenvalue weighted by Crippen LogP contribution is 2.52. The Morgan fingerprint density at radius 3 is 1.91 bits per heavy atom. The van der Waals surface area contributed by atoms with Gasteiger partial charge < -0.3 is 4.90 Å². The van der Waals surface area contributed by atoms with E-state index in [1.165, 1.54) is 23.4 Å². The number of nitrogens with zero attached hydrogens (tertiary/aromatic N) is 2. The van der Waals surface area contributed by atoms with E-state index in [1.54, 1.807) is 24.3 Å². The Morgan fingerprint density at radius 1 is 0.750 bits per heavy atom. The van der Waals surface area contributed by atoms with Crippen molar-refractivity contribution in [1.29, 1.82) is 0 Å². The number of benzene rings is 3. The van der Waals surface area contributed by atoms with Crippen LogP contribution in [-0.4, -0.2) is 13.4 Å². The molecule has 0 bridgehead atoms. The van der Waals surface area contributed by atoms with Crippen LogP contribution in [-0.2, 0) is 15.3 Å². The zero-order valence-electron chi connectivity index (χ0n) is 18.3. The molecule has 1 aromatic heterocycles. The van der Waals surface area contributed by atoms with Crippen molar-refractivity contribution in [3.8, 4) is 0 Å². The van der Waals surface area contributed by atoms with Crippen molar-refractivity contribution in [3.63, 3.8) is 0 Å². The van der Waals surface area contributed by atoms with Crippen molar-refractivity contribution in [3.05, 3.63) is 108 Å². The average Bonchev–Trinajstić information content (AvgIpc) is 2.81. The number of sulfone groups is 1. The van der Waals surface area contributed by atoms with Crippen molar-refractivity contribution >= 4 is 26.9 Å². The van der Waals surface area contributed by atoms with Gasteiger partial charge in [-0.05, 0) is 66.1 Å². The maximum atomic E-state index is 13.1. The number of rotatable bonds is 3. The first kappa shape index (κ1) is 20.5. The fraction of sp³-hybridized carbons (Fsp3) is 0.148. The molecule has 0 radical (unpaired) electrons. The fourth-order valence-corrected chi connectivity index (χ4v) is 5.88. The summed E-state index contributed by atoms with van der Waals surface area (Å²) in [6.45, 7) is 6.45. The number of anilines is 3. The quantitative estimate of drug-likeness (QED) is 0.373. The lowest BCUT2D eigenvalue weighted by molar-refractivity contribution is 0.592. The first-order valence-corrected chi connectivity index (χ1v) is 12.1. The number of para-hydroxylation sites is 2. The summed E-state index contributed by atoms with van der Waals surface area (Å²) in [6.07, 6.45) is 1.50. The van der Waals surface area contributed by atoms with Gasteiger partial charge >= 0.3 is 0 Å². The molecular weight excluding hydrogens is 416 g/mol. The summed E-state index contributed by atoms with van der Waals surface area (Å²) in [7, 11) is -3.68. The van der Waals surface area contributed by atoms with Gasteiger partial charge in [-0.15, -0.1) is 0 Å². The third-order valence-electron chi connectivity index (χ3n) is 6.27. The van der Waals surface area contributed by atoms with Crippen molar-refractivity contribution in [2.45, 2.75) is 36.1 Å². The lowest BCUT2D eigenvalue weighted by atomic mass is 9.73. The van der Waals surface area contributed by atoms with Crippen LogP contribution in [0.2, 0.25) is 0 Å². The van der Waals surface area contributed by atoms with E-state index >= 15 is 0 Å². The third kappa shape index (κ3) is 3.04. The Hall–Kier alpha value is -3.44. The Balaban J connectivity index is 1.69. The Bertz CT molecular complexity index is 1380. The minimum atomic E-state index is -3.68. The second kappa shape index (κ2) is 7.31. The first-order chi connectivity index (χ1) is 15.3. The van der Waals surface area contributed by atoms with Crippen LogP contribution < -0.4 is 4.90 Å². The Morgan fingerprint density at radius 2 is 1.34 bits per heavy atom. The minimum Gasteiger partial charge on any atom is -0.310 e. The predicted molar refractivity (Wildman–Crippen MR) is 128 cm³/mol. The maximum absolute atomic E-state index is 13.1. The molecule has 4 nitrogen and oxygen atoms in total. The largest absolute Gasteiger partial charge is 0.310 e. The van der Waals surface area contributed by atoms with Crippen LogP contribution in [0.15, 0.2) is 101 Å². The minimum absolute atomic E-state index is 0.0579. The summed E-state index contributed by atoms with van der Waals surface area (Å²) in [5, 5.41) is 0.0579. The van der Waals surface area contributed by atoms with Gasteiger partial charge in [0.2, 0.25) is 9.84 Å². The van der Waals surface area contributed by atoms with Crippen LogP contribution >= 0.6 is 0 Å². The van der Waals surface area contributed by atoms with Crippen molar-refractivity contribution in [2.24, 2.45) is 0 Å². The summed E-state index contributed by atoms with van der Waals surface area (Å²) in [4.78, 5) is 6.53. The second-order valence-corrected chi connectivity index (χ2v) is 10.5. The van der Waals surface area contributed by atoms with E-state index in [0.29, 0.717) is 0 Å². The summed E-state index contributed by atoms with van der Waals surface area (Å²) in [6, 6.07) is 27.1. The summed E-state index contributed by atoms with van der Waals surface area (Å²) >= 11 is 0. The van der Waals surface area contributed by atoms with Gasteiger partial charge in [-0.25, -0.2) is 13.4 Å². The molecule has 5 heteroatoms. The van der Waals surface area contributed by atoms with Gasteiger partial charge in [0.1, 0.15) is 0 Å². The van der Waals surface area contributed by atoms with Crippen molar-refractivity contribution in [1.82, 2.24) is 4.98 Å². The molecule has 1 aliphatic rings. The van der Waals surface area contributed by atoms with Gasteiger partial charge in [0, 0.05) is 17.3 Å². The van der Waals surface area contributed by atoms with E-state index in [4.69, 9.17) is 0 Å². The molecule has 4 aromatic rings. The van der Waals surface area contributed by atoms with E-state index in [-0.39, 0.29) is 15.3 Å². The molecule has 1 aliphatic heterocycles. The fourth-order valence-electron chi connectivity index (χ4n) is 4.60. The first-order valence-electron chi connectivity index (χ1n) is 10.6. The molecule has 160 valence electrons. The van der Waals surface area contributed by atoms with Gasteiger partial charge in [0.05, 0.1) is 16.3 Å². The third-order valence-corrected chi connectivity index (χ3v) is 7.94. The molecule has 0 fully saturated rings. The standard InChI is InChI=1S/C27H24N2O2S/c1-19-18-20(32(30,31)26-14-8-9-17-28-26)15-16-23(19)29-24-12-6-4-10-21(24)27(2,3)22-11-5-7-13-25(22)29/h4-18H,1-3H3. The van der Waals surface area contributed by atoms with Gasteiger partial charge in [-0.3, -0.25) is 0 Å². The molecule has 32 heavy (non-hydrogen) atoms. The van der Waals surface area contributed by atoms with E-state index in [1.807, 2.05) is 25.1 Å². The monoisotopic (exact) mass is 440 g/mol. The molecule has 0 N–H and O–H groups in total. The highest BCUT2D eigenvalue weighted by molar-refractivity contribution is 7.91. The van der Waals surface area contributed by atoms with Crippen molar-refractivity contribution in [2.75, 3.05) is 4.90 Å². The molecule has 0 amide bonds. The Labute approximate surface area is 189 Å². The average molecular weight is 441 g/mol. The molecule has 0 unspecified atom stereocenters. The zero-order valence-corrected chi connectivity index (χ0v) is 19.1. The lowest BCUT2D eigenvalue weighted by Crippen LogP contribution is -2.30. The van der Waals surface area contributed by atoms with Crippen LogP contribution in [0.25, 0.3) is 0 Å². The topological polar surface area (TPSA) is 50.3 Å². The summed E-state index contributed by atoms with van der Waals surface area (Å²) < 4.78 is 26.2. The molecule has 5 rings (SSSR count). The number of aryl methyl sites for hydroxylation is 1. The second-order valence-electron chi connectivity index (χ2n) is 8.61. The van der Waals surface area contributed by atoms with Crippen LogP contribution in [0.5, 0.6) is 0 Å². The van der Waals surface area contributed by atoms with Gasteiger partial charge in [-0.2, -0.15) is 0 Å². The highest BCUT2D eigenvalue weighted by Gasteiger charge is 2.36. The number of fused-ring (bicyclic) bond motifs is 2. The van der Waals surface area contributed by atoms with Crippen LogP contribution in [0.4, 0.5) is 17.1 Å². The number of hydrogen-bond donors (Lipinski definition) is 0. The number of hydrogen-bond acceptors (Lipinski definition) is 4. The molecule has 0 saturated carbocycles. The normalized spacial score (nSPS) is 14.5. The van der Waals surface area contributed by atoms with Gasteiger partial charge in [0.25, 0.3) is 0 Å². The predicted octanol–water partition coefficient (Wildman–Crippen LogP) is 6.33. The summed E-state index contributed by atoms with van der Waals surface area (Å²) in [5.74, 6) is 0. The highest BCUT2D eigenvalue weighted by atomic mass is 32.2. The van der Waals surface area contributed by atoms with Gasteiger partial charge in [-0.1, -0.05) is 56.3 Å². The smallest absolute Gasteiger partial charge is 0.223 e. The molecular formula is C27H24N2O2S. The molecule has 3 aromatic carbocycles. The number of pyridine rings is 1. The van der Waals surface area contributed by atoms with E-state index in [2.05, 4.69) is 60.1 Å². The summed E-state index contributed by atoms with van der Waals surface area (Å²) in [5.41, 5.74) is 6.40. The molecule has 0 saturated heterocycles. The van der Waals surface area contributed by atoms with Crippen LogP contribution in [0.3, 0.4) is 0 Å². The van der Waals surface area contributed by atoms with E-state index in [0.717, 1.165) is 22.6 Å². The number of aromatic nitrogens is 1. The molecule has 0 aliphatic carbocycles. The molecule has 2 heterocycles. The van der Waals surface area contributed by atoms with Crippen molar-refractivity contribution < 1.29 is 8.42 Å². The van der Waals surface area contributed by atoms with Crippen LogP contribution in [0, 0.1) is 6.92 Å². The van der Waals surface area contributed by atoms with E-state index in [9.17, 15) is 8.42 Å². The molecule has 0 atom stereocenters. The van der Waals surface area contributed by atoms with E-state index < -0.39 is 9.84 Å². The lowest BCUT2D eigenvalue weighted by Gasteiger charge is -2.42. The Kier molecular flexibility index (Phi) is 4.68. The molecule has 0 spiro atoms.